The van der Waals surface area contributed by atoms with E-state index in [4.69, 9.17) is 15.6 Å². The molecule has 0 amide bonds. The average Bonchev–Trinajstić information content (AvgIpc) is 2.28. The van der Waals surface area contributed by atoms with Gasteiger partial charge in [-0.1, -0.05) is 24.3 Å². The molecule has 1 aromatic carbocycles. The lowest BCUT2D eigenvalue weighted by Gasteiger charge is -2.27. The topological polar surface area (TPSA) is 72.5 Å². The fourth-order valence-corrected chi connectivity index (χ4v) is 1.56. The van der Waals surface area contributed by atoms with Crippen molar-refractivity contribution < 1.29 is 14.6 Å². The number of carboxylic acids is 1. The van der Waals surface area contributed by atoms with E-state index in [-0.39, 0.29) is 0 Å². The standard InChI is InChI=1S/C12H17NO3/c1-12(2,16-3)9-7-5-4-6-8(9)10(13)11(14)15/h4-7,10H,13H2,1-3H3,(H,14,15). The van der Waals surface area contributed by atoms with Crippen LogP contribution in [0.25, 0.3) is 0 Å². The number of carbonyl (C=O) groups is 1. The summed E-state index contributed by atoms with van der Waals surface area (Å²) >= 11 is 0. The molecule has 0 radical (unpaired) electrons. The number of hydrogen-bond acceptors (Lipinski definition) is 3. The number of ether oxygens (including phenoxy) is 1. The average molecular weight is 223 g/mol. The second kappa shape index (κ2) is 4.63. The lowest BCUT2D eigenvalue weighted by molar-refractivity contribution is -0.138. The van der Waals surface area contributed by atoms with Crippen LogP contribution in [0.15, 0.2) is 24.3 Å². The lowest BCUT2D eigenvalue weighted by atomic mass is 9.90. The Balaban J connectivity index is 3.25. The van der Waals surface area contributed by atoms with E-state index in [0.29, 0.717) is 5.56 Å². The van der Waals surface area contributed by atoms with E-state index in [1.54, 1.807) is 19.2 Å². The molecule has 4 nitrogen and oxygen atoms in total. The van der Waals surface area contributed by atoms with Gasteiger partial charge in [0.15, 0.2) is 0 Å². The van der Waals surface area contributed by atoms with Crippen molar-refractivity contribution in [2.75, 3.05) is 7.11 Å². The zero-order valence-electron chi connectivity index (χ0n) is 9.73. The minimum Gasteiger partial charge on any atom is -0.480 e. The van der Waals surface area contributed by atoms with Gasteiger partial charge >= 0.3 is 5.97 Å². The van der Waals surface area contributed by atoms with E-state index in [0.717, 1.165) is 5.56 Å². The normalized spacial score (nSPS) is 13.5. The maximum atomic E-state index is 10.9. The third kappa shape index (κ3) is 2.40. The van der Waals surface area contributed by atoms with Crippen LogP contribution in [-0.2, 0) is 15.1 Å². The minimum atomic E-state index is -1.04. The van der Waals surface area contributed by atoms with Gasteiger partial charge in [-0.05, 0) is 25.0 Å². The quantitative estimate of drug-likeness (QED) is 0.814. The summed E-state index contributed by atoms with van der Waals surface area (Å²) in [6.45, 7) is 3.75. The van der Waals surface area contributed by atoms with Crippen molar-refractivity contribution in [3.8, 4) is 0 Å². The van der Waals surface area contributed by atoms with Crippen LogP contribution >= 0.6 is 0 Å². The van der Waals surface area contributed by atoms with Gasteiger partial charge in [0.2, 0.25) is 0 Å². The zero-order chi connectivity index (χ0) is 12.3. The molecule has 0 bridgehead atoms. The molecule has 1 rings (SSSR count). The second-order valence-corrected chi connectivity index (χ2v) is 4.12. The van der Waals surface area contributed by atoms with Crippen LogP contribution < -0.4 is 5.73 Å². The van der Waals surface area contributed by atoms with Gasteiger partial charge in [0.05, 0.1) is 5.60 Å². The Morgan fingerprint density at radius 2 is 2.00 bits per heavy atom. The van der Waals surface area contributed by atoms with Gasteiger partial charge in [-0.25, -0.2) is 0 Å². The summed E-state index contributed by atoms with van der Waals surface area (Å²) in [5, 5.41) is 8.93. The van der Waals surface area contributed by atoms with Crippen LogP contribution in [0.4, 0.5) is 0 Å². The fourth-order valence-electron chi connectivity index (χ4n) is 1.56. The second-order valence-electron chi connectivity index (χ2n) is 4.12. The van der Waals surface area contributed by atoms with Crippen molar-refractivity contribution in [2.45, 2.75) is 25.5 Å². The van der Waals surface area contributed by atoms with Crippen molar-refractivity contribution in [2.24, 2.45) is 5.73 Å². The van der Waals surface area contributed by atoms with Gasteiger partial charge in [-0.2, -0.15) is 0 Å². The Morgan fingerprint density at radius 1 is 1.44 bits per heavy atom. The molecule has 0 saturated carbocycles. The van der Waals surface area contributed by atoms with E-state index < -0.39 is 17.6 Å². The predicted octanol–water partition coefficient (Wildman–Crippen LogP) is 1.65. The molecule has 16 heavy (non-hydrogen) atoms. The first-order chi connectivity index (χ1) is 7.40. The number of aliphatic carboxylic acids is 1. The van der Waals surface area contributed by atoms with Gasteiger partial charge in [0.1, 0.15) is 6.04 Å². The van der Waals surface area contributed by atoms with Gasteiger partial charge in [0, 0.05) is 7.11 Å². The molecule has 1 aromatic rings. The Hall–Kier alpha value is -1.39. The summed E-state index contributed by atoms with van der Waals surface area (Å²) in [5.74, 6) is -1.04. The summed E-state index contributed by atoms with van der Waals surface area (Å²) in [4.78, 5) is 10.9. The van der Waals surface area contributed by atoms with Gasteiger partial charge in [-0.3, -0.25) is 4.79 Å². The van der Waals surface area contributed by atoms with Crippen molar-refractivity contribution >= 4 is 5.97 Å². The largest absolute Gasteiger partial charge is 0.480 e. The highest BCUT2D eigenvalue weighted by atomic mass is 16.5. The van der Waals surface area contributed by atoms with Gasteiger partial charge < -0.3 is 15.6 Å². The predicted molar refractivity (Wildman–Crippen MR) is 61.0 cm³/mol. The molecule has 0 spiro atoms. The third-order valence-corrected chi connectivity index (χ3v) is 2.72. The Labute approximate surface area is 95.0 Å². The van der Waals surface area contributed by atoms with E-state index in [1.165, 1.54) is 0 Å². The van der Waals surface area contributed by atoms with Gasteiger partial charge in [0.25, 0.3) is 0 Å². The number of nitrogens with two attached hydrogens (primary N) is 1. The van der Waals surface area contributed by atoms with Crippen LogP contribution in [0.2, 0.25) is 0 Å². The van der Waals surface area contributed by atoms with Crippen LogP contribution in [0, 0.1) is 0 Å². The van der Waals surface area contributed by atoms with E-state index in [1.807, 2.05) is 26.0 Å². The van der Waals surface area contributed by atoms with Crippen LogP contribution in [0.3, 0.4) is 0 Å². The van der Waals surface area contributed by atoms with Crippen LogP contribution in [0.5, 0.6) is 0 Å². The molecular weight excluding hydrogens is 206 g/mol. The molecule has 0 heterocycles. The maximum absolute atomic E-state index is 10.9. The lowest BCUT2D eigenvalue weighted by Crippen LogP contribution is -2.28. The Bertz CT molecular complexity index is 388. The van der Waals surface area contributed by atoms with Gasteiger partial charge in [-0.15, -0.1) is 0 Å². The molecule has 0 aliphatic rings. The first-order valence-corrected chi connectivity index (χ1v) is 5.03. The molecule has 0 fully saturated rings. The molecule has 4 heteroatoms. The first-order valence-electron chi connectivity index (χ1n) is 5.03. The van der Waals surface area contributed by atoms with Crippen LogP contribution in [0.1, 0.15) is 31.0 Å². The maximum Gasteiger partial charge on any atom is 0.325 e. The smallest absolute Gasteiger partial charge is 0.325 e. The van der Waals surface area contributed by atoms with Crippen LogP contribution in [-0.4, -0.2) is 18.2 Å². The molecule has 1 unspecified atom stereocenters. The zero-order valence-corrected chi connectivity index (χ0v) is 9.73. The number of carboxylic acid groups (broad SMARTS) is 1. The molecule has 1 atom stereocenters. The van der Waals surface area contributed by atoms with Crippen molar-refractivity contribution in [1.29, 1.82) is 0 Å². The van der Waals surface area contributed by atoms with Crippen molar-refractivity contribution in [3.63, 3.8) is 0 Å². The fraction of sp³-hybridized carbons (Fsp3) is 0.417. The molecular formula is C12H17NO3. The Morgan fingerprint density at radius 3 is 2.50 bits per heavy atom. The summed E-state index contributed by atoms with van der Waals surface area (Å²) < 4.78 is 5.35. The number of benzene rings is 1. The summed E-state index contributed by atoms with van der Waals surface area (Å²) in [7, 11) is 1.59. The summed E-state index contributed by atoms with van der Waals surface area (Å²) in [5.41, 5.74) is 6.47. The monoisotopic (exact) mass is 223 g/mol. The van der Waals surface area contributed by atoms with E-state index >= 15 is 0 Å². The number of methoxy groups -OCH3 is 1. The Kier molecular flexibility index (Phi) is 3.67. The number of rotatable bonds is 4. The highest BCUT2D eigenvalue weighted by Crippen LogP contribution is 2.29. The van der Waals surface area contributed by atoms with E-state index in [9.17, 15) is 4.79 Å². The molecule has 0 aliphatic heterocycles. The minimum absolute atomic E-state index is 0.552. The molecule has 88 valence electrons. The van der Waals surface area contributed by atoms with Crippen molar-refractivity contribution in [1.82, 2.24) is 0 Å². The summed E-state index contributed by atoms with van der Waals surface area (Å²) in [6.07, 6.45) is 0. The SMILES string of the molecule is COC(C)(C)c1ccccc1C(N)C(=O)O. The molecule has 3 N–H and O–H groups in total. The summed E-state index contributed by atoms with van der Waals surface area (Å²) in [6, 6.07) is 6.14. The highest BCUT2D eigenvalue weighted by Gasteiger charge is 2.27. The molecule has 0 saturated heterocycles. The molecule has 0 aromatic heterocycles. The van der Waals surface area contributed by atoms with Crippen molar-refractivity contribution in [3.05, 3.63) is 35.4 Å². The molecule has 0 aliphatic carbocycles. The van der Waals surface area contributed by atoms with E-state index in [2.05, 4.69) is 0 Å². The first kappa shape index (κ1) is 12.7. The number of hydrogen-bond donors (Lipinski definition) is 2. The highest BCUT2D eigenvalue weighted by molar-refractivity contribution is 5.75. The third-order valence-electron chi connectivity index (χ3n) is 2.72.